The van der Waals surface area contributed by atoms with Crippen molar-refractivity contribution in [1.82, 2.24) is 4.90 Å². The zero-order chi connectivity index (χ0) is 14.2. The molecule has 0 amide bonds. The summed E-state index contributed by atoms with van der Waals surface area (Å²) in [5, 5.41) is 9.25. The molecule has 0 aliphatic carbocycles. The molecule has 0 N–H and O–H groups in total. The molecule has 2 atom stereocenters. The fourth-order valence-electron chi connectivity index (χ4n) is 2.60. The SMILES string of the molecule is CC(C)(C)N1C[C@@H](C#N)[C@H](c2ccc(F)cc2F)C1.Cl. The van der Waals surface area contributed by atoms with E-state index in [1.54, 1.807) is 0 Å². The first kappa shape index (κ1) is 16.9. The van der Waals surface area contributed by atoms with E-state index < -0.39 is 11.6 Å². The lowest BCUT2D eigenvalue weighted by Gasteiger charge is -2.31. The van der Waals surface area contributed by atoms with Gasteiger partial charge in [-0.3, -0.25) is 4.90 Å². The molecule has 20 heavy (non-hydrogen) atoms. The third-order valence-corrected chi connectivity index (χ3v) is 3.80. The van der Waals surface area contributed by atoms with Crippen LogP contribution in [0.25, 0.3) is 0 Å². The van der Waals surface area contributed by atoms with Crippen molar-refractivity contribution in [2.24, 2.45) is 5.92 Å². The maximum atomic E-state index is 13.9. The first-order valence-electron chi connectivity index (χ1n) is 6.42. The fourth-order valence-corrected chi connectivity index (χ4v) is 2.60. The lowest BCUT2D eigenvalue weighted by molar-refractivity contribution is 0.170. The summed E-state index contributed by atoms with van der Waals surface area (Å²) >= 11 is 0. The van der Waals surface area contributed by atoms with Crippen molar-refractivity contribution < 1.29 is 8.78 Å². The summed E-state index contributed by atoms with van der Waals surface area (Å²) in [5.41, 5.74) is 0.389. The number of halogens is 3. The average molecular weight is 301 g/mol. The lowest BCUT2D eigenvalue weighted by Crippen LogP contribution is -2.39. The second kappa shape index (κ2) is 6.07. The van der Waals surface area contributed by atoms with Crippen molar-refractivity contribution in [2.75, 3.05) is 13.1 Å². The number of nitrogens with zero attached hydrogens (tertiary/aromatic N) is 2. The predicted octanol–water partition coefficient (Wildman–Crippen LogP) is 3.72. The Morgan fingerprint density at radius 1 is 1.25 bits per heavy atom. The molecule has 0 radical (unpaired) electrons. The topological polar surface area (TPSA) is 27.0 Å². The van der Waals surface area contributed by atoms with Gasteiger partial charge in [-0.2, -0.15) is 5.26 Å². The molecule has 1 aliphatic rings. The van der Waals surface area contributed by atoms with E-state index in [1.807, 2.05) is 0 Å². The van der Waals surface area contributed by atoms with Crippen LogP contribution in [0, 0.1) is 28.9 Å². The van der Waals surface area contributed by atoms with Gasteiger partial charge in [-0.05, 0) is 32.4 Å². The third-order valence-electron chi connectivity index (χ3n) is 3.80. The Morgan fingerprint density at radius 3 is 2.40 bits per heavy atom. The molecule has 0 saturated carbocycles. The van der Waals surface area contributed by atoms with E-state index in [0.29, 0.717) is 18.7 Å². The van der Waals surface area contributed by atoms with Crippen LogP contribution in [0.1, 0.15) is 32.3 Å². The van der Waals surface area contributed by atoms with Crippen molar-refractivity contribution in [2.45, 2.75) is 32.2 Å². The standard InChI is InChI=1S/C15H18F2N2.ClH/c1-15(2,3)19-8-10(7-18)13(9-19)12-5-4-11(16)6-14(12)17;/h4-6,10,13H,8-9H2,1-3H3;1H/t10-,13-;/m1./s1. The van der Waals surface area contributed by atoms with Gasteiger partial charge in [-0.1, -0.05) is 6.07 Å². The Labute approximate surface area is 124 Å². The number of hydrogen-bond donors (Lipinski definition) is 0. The predicted molar refractivity (Wildman–Crippen MR) is 76.8 cm³/mol. The molecule has 5 heteroatoms. The highest BCUT2D eigenvalue weighted by atomic mass is 35.5. The summed E-state index contributed by atoms with van der Waals surface area (Å²) in [6, 6.07) is 5.87. The van der Waals surface area contributed by atoms with Gasteiger partial charge in [0.05, 0.1) is 12.0 Å². The zero-order valence-corrected chi connectivity index (χ0v) is 12.7. The number of likely N-dealkylation sites (tertiary alicyclic amines) is 1. The maximum absolute atomic E-state index is 13.9. The van der Waals surface area contributed by atoms with Gasteiger partial charge in [-0.15, -0.1) is 12.4 Å². The van der Waals surface area contributed by atoms with Crippen LogP contribution in [0.2, 0.25) is 0 Å². The van der Waals surface area contributed by atoms with E-state index in [-0.39, 0.29) is 29.8 Å². The van der Waals surface area contributed by atoms with Crippen LogP contribution in [0.15, 0.2) is 18.2 Å². The Bertz CT molecular complexity index is 520. The van der Waals surface area contributed by atoms with E-state index in [2.05, 4.69) is 31.7 Å². The molecule has 2 nitrogen and oxygen atoms in total. The molecule has 2 rings (SSSR count). The number of hydrogen-bond acceptors (Lipinski definition) is 2. The zero-order valence-electron chi connectivity index (χ0n) is 11.9. The minimum absolute atomic E-state index is 0. The van der Waals surface area contributed by atoms with E-state index in [0.717, 1.165) is 6.07 Å². The Kier molecular flexibility index (Phi) is 5.12. The molecule has 1 aliphatic heterocycles. The second-order valence-electron chi connectivity index (χ2n) is 6.08. The van der Waals surface area contributed by atoms with Gasteiger partial charge in [0.25, 0.3) is 0 Å². The molecule has 1 aromatic rings. The van der Waals surface area contributed by atoms with Crippen molar-refractivity contribution >= 4 is 12.4 Å². The minimum atomic E-state index is -0.583. The van der Waals surface area contributed by atoms with Crippen molar-refractivity contribution in [3.8, 4) is 6.07 Å². The first-order valence-corrected chi connectivity index (χ1v) is 6.42. The summed E-state index contributed by atoms with van der Waals surface area (Å²) in [7, 11) is 0. The summed E-state index contributed by atoms with van der Waals surface area (Å²) in [6.07, 6.45) is 0. The number of rotatable bonds is 1. The summed E-state index contributed by atoms with van der Waals surface area (Å²) < 4.78 is 26.8. The Hall–Kier alpha value is -1.18. The van der Waals surface area contributed by atoms with E-state index in [4.69, 9.17) is 0 Å². The van der Waals surface area contributed by atoms with Gasteiger partial charge < -0.3 is 0 Å². The van der Waals surface area contributed by atoms with Gasteiger partial charge in [0.2, 0.25) is 0 Å². The number of benzene rings is 1. The van der Waals surface area contributed by atoms with Gasteiger partial charge in [0, 0.05) is 30.6 Å². The van der Waals surface area contributed by atoms with Crippen LogP contribution in [0.5, 0.6) is 0 Å². The fraction of sp³-hybridized carbons (Fsp3) is 0.533. The molecule has 0 bridgehead atoms. The van der Waals surface area contributed by atoms with E-state index >= 15 is 0 Å². The van der Waals surface area contributed by atoms with Crippen LogP contribution in [-0.2, 0) is 0 Å². The molecule has 1 aromatic carbocycles. The van der Waals surface area contributed by atoms with Crippen molar-refractivity contribution in [3.63, 3.8) is 0 Å². The van der Waals surface area contributed by atoms with Crippen LogP contribution in [0.4, 0.5) is 8.78 Å². The van der Waals surface area contributed by atoms with Gasteiger partial charge >= 0.3 is 0 Å². The molecular formula is C15H19ClF2N2. The van der Waals surface area contributed by atoms with Gasteiger partial charge in [0.15, 0.2) is 0 Å². The quantitative estimate of drug-likeness (QED) is 0.790. The van der Waals surface area contributed by atoms with Crippen LogP contribution < -0.4 is 0 Å². The summed E-state index contributed by atoms with van der Waals surface area (Å²) in [5.74, 6) is -1.58. The second-order valence-corrected chi connectivity index (χ2v) is 6.08. The molecule has 1 heterocycles. The molecule has 0 unspecified atom stereocenters. The molecule has 0 aromatic heterocycles. The highest BCUT2D eigenvalue weighted by Gasteiger charge is 2.39. The average Bonchev–Trinajstić information content (AvgIpc) is 2.72. The lowest BCUT2D eigenvalue weighted by atomic mass is 9.89. The minimum Gasteiger partial charge on any atom is -0.297 e. The molecule has 1 saturated heterocycles. The van der Waals surface area contributed by atoms with E-state index in [1.165, 1.54) is 12.1 Å². The number of nitriles is 1. The smallest absolute Gasteiger partial charge is 0.129 e. The summed E-state index contributed by atoms with van der Waals surface area (Å²) in [4.78, 5) is 2.17. The highest BCUT2D eigenvalue weighted by Crippen LogP contribution is 2.36. The maximum Gasteiger partial charge on any atom is 0.129 e. The van der Waals surface area contributed by atoms with Crippen LogP contribution in [-0.4, -0.2) is 23.5 Å². The molecule has 110 valence electrons. The van der Waals surface area contributed by atoms with E-state index in [9.17, 15) is 14.0 Å². The third kappa shape index (κ3) is 3.28. The molecular weight excluding hydrogens is 282 g/mol. The van der Waals surface area contributed by atoms with Gasteiger partial charge in [0.1, 0.15) is 11.6 Å². The van der Waals surface area contributed by atoms with Crippen molar-refractivity contribution in [3.05, 3.63) is 35.4 Å². The normalized spacial score (nSPS) is 23.2. The molecule has 0 spiro atoms. The van der Waals surface area contributed by atoms with Crippen LogP contribution in [0.3, 0.4) is 0 Å². The Morgan fingerprint density at radius 2 is 1.90 bits per heavy atom. The Balaban J connectivity index is 0.00000200. The summed E-state index contributed by atoms with van der Waals surface area (Å²) in [6.45, 7) is 7.48. The monoisotopic (exact) mass is 300 g/mol. The molecule has 1 fully saturated rings. The largest absolute Gasteiger partial charge is 0.297 e. The first-order chi connectivity index (χ1) is 8.82. The van der Waals surface area contributed by atoms with Crippen molar-refractivity contribution in [1.29, 1.82) is 5.26 Å². The van der Waals surface area contributed by atoms with Crippen LogP contribution >= 0.6 is 12.4 Å². The highest BCUT2D eigenvalue weighted by molar-refractivity contribution is 5.85. The van der Waals surface area contributed by atoms with Gasteiger partial charge in [-0.25, -0.2) is 8.78 Å².